The lowest BCUT2D eigenvalue weighted by Crippen LogP contribution is -2.37. The average Bonchev–Trinajstić information content (AvgIpc) is 3.85. The molecule has 7 nitrogen and oxygen atoms in total. The first-order chi connectivity index (χ1) is 30.7. The number of nitrogens with zero attached hydrogens (tertiary/aromatic N) is 7. The summed E-state index contributed by atoms with van der Waals surface area (Å²) in [5, 5.41) is 2.78. The molecule has 2 saturated heterocycles. The SMILES string of the molecule is CC(C)c1cccc(C(C)C)c1N1CCN(c2c(C(C)C)cccc2C(C)C)C1=NP(=S)(N=C=S)N=C1N(c2c(C(C)C)cccc2C(C)C)CCN1c1c(C(C)C)cccc1C(C)C. The van der Waals surface area contributed by atoms with Crippen LogP contribution in [0, 0.1) is 0 Å². The fourth-order valence-electron chi connectivity index (χ4n) is 9.80. The number of isothiocyanates is 1. The summed E-state index contributed by atoms with van der Waals surface area (Å²) in [5.41, 5.74) is 15.1. The quantitative estimate of drug-likeness (QED) is 0.0673. The predicted molar refractivity (Wildman–Crippen MR) is 292 cm³/mol. The minimum atomic E-state index is -3.51. The Bertz CT molecular complexity index is 2100. The summed E-state index contributed by atoms with van der Waals surface area (Å²) in [6.45, 7) is 36.0. The maximum Gasteiger partial charge on any atom is 0.290 e. The van der Waals surface area contributed by atoms with Crippen molar-refractivity contribution in [2.75, 3.05) is 45.8 Å². The normalized spacial score (nSPS) is 14.9. The Morgan fingerprint density at radius 3 is 0.723 bits per heavy atom. The summed E-state index contributed by atoms with van der Waals surface area (Å²) in [5.74, 6) is 3.81. The number of anilines is 4. The minimum Gasteiger partial charge on any atom is -0.310 e. The topological polar surface area (TPSA) is 50.0 Å². The van der Waals surface area contributed by atoms with Crippen molar-refractivity contribution in [2.24, 2.45) is 14.3 Å². The molecule has 2 aliphatic rings. The van der Waals surface area contributed by atoms with Gasteiger partial charge in [-0.2, -0.15) is 14.3 Å². The molecule has 0 aliphatic carbocycles. The third kappa shape index (κ3) is 10.2. The van der Waals surface area contributed by atoms with Crippen molar-refractivity contribution in [3.63, 3.8) is 0 Å². The lowest BCUT2D eigenvalue weighted by atomic mass is 9.91. The number of hydrogen-bond donors (Lipinski definition) is 0. The molecule has 2 fully saturated rings. The second-order valence-corrected chi connectivity index (χ2v) is 23.8. The van der Waals surface area contributed by atoms with Gasteiger partial charge in [-0.1, -0.05) is 184 Å². The van der Waals surface area contributed by atoms with E-state index in [-0.39, 0.29) is 47.3 Å². The van der Waals surface area contributed by atoms with E-state index in [0.717, 1.165) is 38.1 Å². The lowest BCUT2D eigenvalue weighted by molar-refractivity contribution is 0.821. The van der Waals surface area contributed by atoms with Gasteiger partial charge in [0.25, 0.3) is 6.49 Å². The van der Waals surface area contributed by atoms with E-state index >= 15 is 0 Å². The molecule has 0 unspecified atom stereocenters. The van der Waals surface area contributed by atoms with E-state index in [1.165, 1.54) is 67.3 Å². The summed E-state index contributed by atoms with van der Waals surface area (Å²) in [7, 11) is 0. The number of hydrogen-bond acceptors (Lipinski definition) is 2. The van der Waals surface area contributed by atoms with Crippen molar-refractivity contribution in [1.82, 2.24) is 0 Å². The molecule has 0 bridgehead atoms. The maximum absolute atomic E-state index is 6.89. The number of thiocarbonyl (C=S) groups is 1. The molecule has 10 heteroatoms. The highest BCUT2D eigenvalue weighted by Gasteiger charge is 2.40. The predicted octanol–water partition coefficient (Wildman–Crippen LogP) is 16.1. The van der Waals surface area contributed by atoms with Crippen molar-refractivity contribution in [3.8, 4) is 0 Å². The molecule has 348 valence electrons. The number of rotatable bonds is 15. The van der Waals surface area contributed by atoms with Crippen LogP contribution in [-0.2, 0) is 11.8 Å². The van der Waals surface area contributed by atoms with Crippen molar-refractivity contribution in [1.29, 1.82) is 0 Å². The first-order valence-corrected chi connectivity index (χ1v) is 27.3. The zero-order valence-electron chi connectivity index (χ0n) is 42.3. The van der Waals surface area contributed by atoms with Gasteiger partial charge in [0.15, 0.2) is 0 Å². The molecule has 2 heterocycles. The van der Waals surface area contributed by atoms with Crippen LogP contribution in [0.15, 0.2) is 87.1 Å². The average molecular weight is 930 g/mol. The van der Waals surface area contributed by atoms with E-state index in [0.29, 0.717) is 0 Å². The molecule has 0 N–H and O–H groups in total. The van der Waals surface area contributed by atoms with Gasteiger partial charge >= 0.3 is 0 Å². The van der Waals surface area contributed by atoms with Crippen LogP contribution in [0.2, 0.25) is 0 Å². The lowest BCUT2D eigenvalue weighted by Gasteiger charge is -2.33. The highest BCUT2D eigenvalue weighted by molar-refractivity contribution is 8.13. The van der Waals surface area contributed by atoms with E-state index in [1.807, 2.05) is 0 Å². The van der Waals surface area contributed by atoms with Crippen LogP contribution in [0.3, 0.4) is 0 Å². The van der Waals surface area contributed by atoms with Gasteiger partial charge in [-0.15, -0.1) is 0 Å². The van der Waals surface area contributed by atoms with Crippen LogP contribution >= 0.6 is 18.7 Å². The highest BCUT2D eigenvalue weighted by Crippen LogP contribution is 2.55. The Morgan fingerprint density at radius 2 is 0.569 bits per heavy atom. The maximum atomic E-state index is 6.89. The van der Waals surface area contributed by atoms with Crippen LogP contribution in [0.5, 0.6) is 0 Å². The van der Waals surface area contributed by atoms with E-state index in [2.05, 4.69) is 208 Å². The molecule has 0 spiro atoms. The van der Waals surface area contributed by atoms with Crippen molar-refractivity contribution in [2.45, 2.75) is 158 Å². The van der Waals surface area contributed by atoms with Crippen molar-refractivity contribution >= 4 is 70.3 Å². The van der Waals surface area contributed by atoms with Crippen LogP contribution in [0.1, 0.15) is 203 Å². The molecule has 0 atom stereocenters. The van der Waals surface area contributed by atoms with Gasteiger partial charge in [0, 0.05) is 26.2 Å². The summed E-state index contributed by atoms with van der Waals surface area (Å²) >= 11 is 12.5. The zero-order valence-corrected chi connectivity index (χ0v) is 44.8. The molecule has 4 aromatic carbocycles. The molecule has 0 radical (unpaired) electrons. The van der Waals surface area contributed by atoms with Gasteiger partial charge in [0.1, 0.15) is 0 Å². The molecule has 0 saturated carbocycles. The third-order valence-corrected chi connectivity index (χ3v) is 15.3. The Morgan fingerprint density at radius 1 is 0.385 bits per heavy atom. The van der Waals surface area contributed by atoms with Crippen LogP contribution < -0.4 is 19.6 Å². The van der Waals surface area contributed by atoms with E-state index in [1.54, 1.807) is 0 Å². The Kier molecular flexibility index (Phi) is 16.1. The summed E-state index contributed by atoms with van der Waals surface area (Å²) < 4.78 is 16.6. The molecule has 65 heavy (non-hydrogen) atoms. The number of para-hydroxylation sites is 4. The van der Waals surface area contributed by atoms with E-state index in [4.69, 9.17) is 38.3 Å². The van der Waals surface area contributed by atoms with Crippen LogP contribution in [-0.4, -0.2) is 43.3 Å². The Balaban J connectivity index is 1.75. The molecule has 0 aromatic heterocycles. The molecule has 2 aliphatic heterocycles. The Hall–Kier alpha value is -4.13. The Labute approximate surface area is 403 Å². The van der Waals surface area contributed by atoms with Gasteiger partial charge in [-0.3, -0.25) is 0 Å². The standard InChI is InChI=1S/C55H76N7PS2/c1-34(2)42-21-17-22-43(35(3)4)50(42)59-29-30-60(51-44(36(5)6)23-18-24-45(51)37(7)8)54(59)57-63(65,56-33-64)58-55-61(52-46(38(9)10)25-19-26-47(52)39(11)12)31-32-62(55)53-48(40(13)14)27-20-28-49(53)41(15)16/h17-28,34-41H,29-32H2,1-16H3. The fourth-order valence-corrected chi connectivity index (χ4v) is 12.0. The molecular weight excluding hydrogens is 854 g/mol. The highest BCUT2D eigenvalue weighted by atomic mass is 32.4. The minimum absolute atomic E-state index is 0.281. The monoisotopic (exact) mass is 930 g/mol. The van der Waals surface area contributed by atoms with Crippen molar-refractivity contribution in [3.05, 3.63) is 117 Å². The van der Waals surface area contributed by atoms with E-state index < -0.39 is 6.49 Å². The van der Waals surface area contributed by atoms with Crippen LogP contribution in [0.25, 0.3) is 0 Å². The van der Waals surface area contributed by atoms with Gasteiger partial charge in [-0.25, -0.2) is 0 Å². The molecule has 6 rings (SSSR count). The van der Waals surface area contributed by atoms with Gasteiger partial charge in [0.05, 0.1) is 27.9 Å². The first-order valence-electron chi connectivity index (χ1n) is 24.2. The zero-order chi connectivity index (χ0) is 47.7. The largest absolute Gasteiger partial charge is 0.310 e. The molecule has 4 aromatic rings. The smallest absolute Gasteiger partial charge is 0.290 e. The summed E-state index contributed by atoms with van der Waals surface area (Å²) in [6, 6.07) is 27.1. The van der Waals surface area contributed by atoms with Crippen molar-refractivity contribution < 1.29 is 0 Å². The second kappa shape index (κ2) is 20.8. The van der Waals surface area contributed by atoms with Gasteiger partial charge in [0.2, 0.25) is 11.9 Å². The first kappa shape index (κ1) is 50.3. The number of benzene rings is 4. The fraction of sp³-hybridized carbons (Fsp3) is 0.509. The summed E-state index contributed by atoms with van der Waals surface area (Å²) in [6.07, 6.45) is 0. The van der Waals surface area contributed by atoms with Crippen LogP contribution in [0.4, 0.5) is 22.7 Å². The third-order valence-electron chi connectivity index (χ3n) is 13.1. The molecule has 0 amide bonds. The summed E-state index contributed by atoms with van der Waals surface area (Å²) in [4.78, 5) is 9.75. The second-order valence-electron chi connectivity index (χ2n) is 20.5. The van der Waals surface area contributed by atoms with E-state index in [9.17, 15) is 0 Å². The van der Waals surface area contributed by atoms with Gasteiger partial charge in [-0.05, 0) is 116 Å². The van der Waals surface area contributed by atoms with Gasteiger partial charge < -0.3 is 19.6 Å². The number of guanidine groups is 2. The molecular formula is C55H76N7PS2.